The number of aliphatic hydroxyl groups excluding tert-OH is 1. The van der Waals surface area contributed by atoms with Crippen LogP contribution in [0.1, 0.15) is 18.0 Å². The highest BCUT2D eigenvalue weighted by molar-refractivity contribution is 6.30. The van der Waals surface area contributed by atoms with Crippen LogP contribution in [-0.4, -0.2) is 42.8 Å². The van der Waals surface area contributed by atoms with E-state index in [9.17, 15) is 9.50 Å². The molecule has 0 spiro atoms. The number of nitrogens with zero attached hydrogens (tertiary/aromatic N) is 1. The third-order valence-corrected chi connectivity index (χ3v) is 3.55. The maximum atomic E-state index is 13.9. The Morgan fingerprint density at radius 3 is 2.78 bits per heavy atom. The Hall–Kier alpha value is -0.680. The maximum absolute atomic E-state index is 13.9. The van der Waals surface area contributed by atoms with E-state index in [-0.39, 0.29) is 18.5 Å². The SMILES string of the molecule is OCC[C@H](c1cc(Cl)ccc1F)N1CCNCC1. The molecule has 3 nitrogen and oxygen atoms in total. The van der Waals surface area contributed by atoms with Gasteiger partial charge in [-0.1, -0.05) is 11.6 Å². The average molecular weight is 273 g/mol. The van der Waals surface area contributed by atoms with E-state index in [1.165, 1.54) is 6.07 Å². The first-order chi connectivity index (χ1) is 8.72. The molecular formula is C13H18ClFN2O. The summed E-state index contributed by atoms with van der Waals surface area (Å²) in [4.78, 5) is 2.20. The zero-order chi connectivity index (χ0) is 13.0. The molecule has 18 heavy (non-hydrogen) atoms. The first kappa shape index (κ1) is 13.7. The van der Waals surface area contributed by atoms with Gasteiger partial charge in [0.1, 0.15) is 5.82 Å². The highest BCUT2D eigenvalue weighted by Crippen LogP contribution is 2.28. The van der Waals surface area contributed by atoms with Crippen molar-refractivity contribution in [2.24, 2.45) is 0 Å². The summed E-state index contributed by atoms with van der Waals surface area (Å²) in [6.45, 7) is 3.54. The Morgan fingerprint density at radius 2 is 2.11 bits per heavy atom. The van der Waals surface area contributed by atoms with Crippen LogP contribution < -0.4 is 5.32 Å². The Kier molecular flexibility index (Phi) is 4.95. The molecule has 1 aromatic rings. The van der Waals surface area contributed by atoms with Crippen LogP contribution in [-0.2, 0) is 0 Å². The van der Waals surface area contributed by atoms with Crippen molar-refractivity contribution in [2.75, 3.05) is 32.8 Å². The molecule has 1 heterocycles. The monoisotopic (exact) mass is 272 g/mol. The van der Waals surface area contributed by atoms with Crippen molar-refractivity contribution in [1.29, 1.82) is 0 Å². The fourth-order valence-electron chi connectivity index (χ4n) is 2.42. The smallest absolute Gasteiger partial charge is 0.128 e. The standard InChI is InChI=1S/C13H18ClFN2O/c14-10-1-2-12(15)11(9-10)13(3-8-18)17-6-4-16-5-7-17/h1-2,9,13,16,18H,3-8H2/t13-/m1/s1. The van der Waals surface area contributed by atoms with Gasteiger partial charge in [0.25, 0.3) is 0 Å². The highest BCUT2D eigenvalue weighted by Gasteiger charge is 2.24. The summed E-state index contributed by atoms with van der Waals surface area (Å²) in [6.07, 6.45) is 0.525. The van der Waals surface area contributed by atoms with Gasteiger partial charge >= 0.3 is 0 Å². The van der Waals surface area contributed by atoms with Gasteiger partial charge in [-0.15, -0.1) is 0 Å². The highest BCUT2D eigenvalue weighted by atomic mass is 35.5. The zero-order valence-corrected chi connectivity index (χ0v) is 11.0. The zero-order valence-electron chi connectivity index (χ0n) is 10.2. The number of hydrogen-bond acceptors (Lipinski definition) is 3. The molecule has 1 aliphatic heterocycles. The van der Waals surface area contributed by atoms with Crippen LogP contribution in [0.15, 0.2) is 18.2 Å². The van der Waals surface area contributed by atoms with Crippen molar-refractivity contribution >= 4 is 11.6 Å². The van der Waals surface area contributed by atoms with Crippen molar-refractivity contribution in [1.82, 2.24) is 10.2 Å². The van der Waals surface area contributed by atoms with Gasteiger partial charge in [0.15, 0.2) is 0 Å². The number of halogens is 2. The average Bonchev–Trinajstić information content (AvgIpc) is 2.40. The molecule has 1 aromatic carbocycles. The van der Waals surface area contributed by atoms with E-state index in [0.717, 1.165) is 26.2 Å². The molecule has 0 amide bonds. The molecule has 1 saturated heterocycles. The number of rotatable bonds is 4. The lowest BCUT2D eigenvalue weighted by Gasteiger charge is -2.35. The second kappa shape index (κ2) is 6.48. The first-order valence-corrected chi connectivity index (χ1v) is 6.60. The van der Waals surface area contributed by atoms with Crippen LogP contribution in [0.2, 0.25) is 5.02 Å². The topological polar surface area (TPSA) is 35.5 Å². The molecule has 100 valence electrons. The van der Waals surface area contributed by atoms with E-state index in [2.05, 4.69) is 10.2 Å². The van der Waals surface area contributed by atoms with Gasteiger partial charge in [-0.3, -0.25) is 4.90 Å². The lowest BCUT2D eigenvalue weighted by molar-refractivity contribution is 0.138. The minimum atomic E-state index is -0.253. The summed E-state index contributed by atoms with van der Waals surface area (Å²) >= 11 is 5.94. The number of piperazine rings is 1. The normalized spacial score (nSPS) is 18.8. The summed E-state index contributed by atoms with van der Waals surface area (Å²) in [5, 5.41) is 13.0. The second-order valence-electron chi connectivity index (χ2n) is 4.48. The Morgan fingerprint density at radius 1 is 1.39 bits per heavy atom. The third kappa shape index (κ3) is 3.20. The number of nitrogens with one attached hydrogen (secondary N) is 1. The van der Waals surface area contributed by atoms with Gasteiger partial charge < -0.3 is 10.4 Å². The number of benzene rings is 1. The maximum Gasteiger partial charge on any atom is 0.128 e. The number of hydrogen-bond donors (Lipinski definition) is 2. The van der Waals surface area contributed by atoms with Crippen LogP contribution in [0.5, 0.6) is 0 Å². The fourth-order valence-corrected chi connectivity index (χ4v) is 2.60. The summed E-state index contributed by atoms with van der Waals surface area (Å²) in [5.41, 5.74) is 0.582. The summed E-state index contributed by atoms with van der Waals surface area (Å²) in [6, 6.07) is 4.51. The Balaban J connectivity index is 2.24. The van der Waals surface area contributed by atoms with Crippen molar-refractivity contribution in [3.63, 3.8) is 0 Å². The van der Waals surface area contributed by atoms with Crippen molar-refractivity contribution in [3.05, 3.63) is 34.6 Å². The van der Waals surface area contributed by atoms with E-state index in [1.807, 2.05) is 0 Å². The molecular weight excluding hydrogens is 255 g/mol. The largest absolute Gasteiger partial charge is 0.396 e. The van der Waals surface area contributed by atoms with Gasteiger partial charge in [-0.05, 0) is 24.6 Å². The van der Waals surface area contributed by atoms with Crippen LogP contribution >= 0.6 is 11.6 Å². The van der Waals surface area contributed by atoms with Crippen molar-refractivity contribution in [2.45, 2.75) is 12.5 Å². The number of aliphatic hydroxyl groups is 1. The Bertz CT molecular complexity index is 397. The predicted octanol–water partition coefficient (Wildman–Crippen LogP) is 1.81. The molecule has 0 aromatic heterocycles. The van der Waals surface area contributed by atoms with Gasteiger partial charge in [0.2, 0.25) is 0 Å². The van der Waals surface area contributed by atoms with E-state index in [4.69, 9.17) is 11.6 Å². The van der Waals surface area contributed by atoms with Crippen molar-refractivity contribution in [3.8, 4) is 0 Å². The summed E-state index contributed by atoms with van der Waals surface area (Å²) in [5.74, 6) is -0.253. The van der Waals surface area contributed by atoms with Crippen LogP contribution in [0.25, 0.3) is 0 Å². The van der Waals surface area contributed by atoms with Gasteiger partial charge in [-0.25, -0.2) is 4.39 Å². The first-order valence-electron chi connectivity index (χ1n) is 6.23. The lowest BCUT2D eigenvalue weighted by Crippen LogP contribution is -2.45. The second-order valence-corrected chi connectivity index (χ2v) is 4.92. The molecule has 0 bridgehead atoms. The minimum Gasteiger partial charge on any atom is -0.396 e. The van der Waals surface area contributed by atoms with Gasteiger partial charge in [0, 0.05) is 49.4 Å². The van der Waals surface area contributed by atoms with E-state index in [0.29, 0.717) is 17.0 Å². The molecule has 0 aliphatic carbocycles. The lowest BCUT2D eigenvalue weighted by atomic mass is 10.0. The quantitative estimate of drug-likeness (QED) is 0.878. The molecule has 5 heteroatoms. The molecule has 2 N–H and O–H groups in total. The predicted molar refractivity (Wildman–Crippen MR) is 70.3 cm³/mol. The molecule has 0 unspecified atom stereocenters. The molecule has 1 fully saturated rings. The van der Waals surface area contributed by atoms with Crippen LogP contribution in [0, 0.1) is 5.82 Å². The van der Waals surface area contributed by atoms with E-state index in [1.54, 1.807) is 12.1 Å². The molecule has 1 aliphatic rings. The molecule has 0 radical (unpaired) electrons. The van der Waals surface area contributed by atoms with Crippen LogP contribution in [0.4, 0.5) is 4.39 Å². The summed E-state index contributed by atoms with van der Waals surface area (Å²) < 4.78 is 13.9. The van der Waals surface area contributed by atoms with E-state index < -0.39 is 0 Å². The third-order valence-electron chi connectivity index (χ3n) is 3.31. The summed E-state index contributed by atoms with van der Waals surface area (Å²) in [7, 11) is 0. The molecule has 0 saturated carbocycles. The van der Waals surface area contributed by atoms with Gasteiger partial charge in [-0.2, -0.15) is 0 Å². The van der Waals surface area contributed by atoms with Crippen LogP contribution in [0.3, 0.4) is 0 Å². The van der Waals surface area contributed by atoms with E-state index >= 15 is 0 Å². The minimum absolute atomic E-state index is 0.0422. The van der Waals surface area contributed by atoms with Gasteiger partial charge in [0.05, 0.1) is 0 Å². The Labute approximate surface area is 112 Å². The van der Waals surface area contributed by atoms with Crippen molar-refractivity contribution < 1.29 is 9.50 Å². The molecule has 1 atom stereocenters. The molecule has 2 rings (SSSR count). The fraction of sp³-hybridized carbons (Fsp3) is 0.538.